The van der Waals surface area contributed by atoms with Gasteiger partial charge in [-0.1, -0.05) is 64.7 Å². The molecule has 1 saturated heterocycles. The SMILES string of the molecule is C[C@H]1NC(=O)[C@H]2C=C[C@@H](c3ccc(Cl)cc3Cl)C(C3=CC=C(Cl)CC3)[C@@H]21. The first kappa shape index (κ1) is 18.2. The molecule has 0 bridgehead atoms. The summed E-state index contributed by atoms with van der Waals surface area (Å²) in [7, 11) is 0. The quantitative estimate of drug-likeness (QED) is 0.610. The lowest BCUT2D eigenvalue weighted by atomic mass is 9.63. The van der Waals surface area contributed by atoms with Gasteiger partial charge >= 0.3 is 0 Å². The fraction of sp³-hybridized carbons (Fsp3) is 0.381. The molecule has 5 atom stereocenters. The van der Waals surface area contributed by atoms with Gasteiger partial charge in [-0.25, -0.2) is 0 Å². The van der Waals surface area contributed by atoms with E-state index in [1.807, 2.05) is 18.2 Å². The van der Waals surface area contributed by atoms with Crippen molar-refractivity contribution < 1.29 is 4.79 Å². The van der Waals surface area contributed by atoms with Gasteiger partial charge in [-0.05, 0) is 49.5 Å². The van der Waals surface area contributed by atoms with Crippen molar-refractivity contribution in [3.05, 3.63) is 68.7 Å². The van der Waals surface area contributed by atoms with Crippen molar-refractivity contribution in [1.82, 2.24) is 5.32 Å². The Morgan fingerprint density at radius 3 is 2.50 bits per heavy atom. The van der Waals surface area contributed by atoms with E-state index in [0.717, 1.165) is 23.4 Å². The standard InChI is InChI=1S/C21H20Cl3NO/c1-11-19-17(21(26)25-11)9-8-16(15-7-6-14(23)10-18(15)24)20(19)12-2-4-13(22)5-3-12/h2,4,6-11,16-17,19-20H,3,5H2,1H3,(H,25,26)/t11-,16+,17+,19-,20?/m1/s1. The molecule has 2 aliphatic carbocycles. The van der Waals surface area contributed by atoms with Crippen LogP contribution in [0, 0.1) is 17.8 Å². The lowest BCUT2D eigenvalue weighted by molar-refractivity contribution is -0.122. The number of rotatable bonds is 2. The number of fused-ring (bicyclic) bond motifs is 1. The normalized spacial score (nSPS) is 33.4. The molecule has 1 fully saturated rings. The van der Waals surface area contributed by atoms with E-state index in [9.17, 15) is 4.79 Å². The highest BCUT2D eigenvalue weighted by atomic mass is 35.5. The molecular weight excluding hydrogens is 389 g/mol. The van der Waals surface area contributed by atoms with Gasteiger partial charge in [0.2, 0.25) is 5.91 Å². The average Bonchev–Trinajstić information content (AvgIpc) is 2.90. The van der Waals surface area contributed by atoms with Gasteiger partial charge in [-0.3, -0.25) is 4.79 Å². The molecule has 1 N–H and O–H groups in total. The van der Waals surface area contributed by atoms with Gasteiger partial charge in [0.25, 0.3) is 0 Å². The van der Waals surface area contributed by atoms with Crippen molar-refractivity contribution in [2.75, 3.05) is 0 Å². The molecular formula is C21H20Cl3NO. The fourth-order valence-electron chi connectivity index (χ4n) is 4.70. The minimum atomic E-state index is -0.0837. The molecule has 1 aromatic rings. The zero-order chi connectivity index (χ0) is 18.4. The molecule has 1 unspecified atom stereocenters. The summed E-state index contributed by atoms with van der Waals surface area (Å²) >= 11 is 18.8. The molecule has 1 amide bonds. The van der Waals surface area contributed by atoms with E-state index in [0.29, 0.717) is 10.0 Å². The highest BCUT2D eigenvalue weighted by Crippen LogP contribution is 2.50. The van der Waals surface area contributed by atoms with Crippen LogP contribution in [0.1, 0.15) is 31.2 Å². The topological polar surface area (TPSA) is 29.1 Å². The van der Waals surface area contributed by atoms with Crippen LogP contribution in [0.5, 0.6) is 0 Å². The third-order valence-electron chi connectivity index (χ3n) is 5.87. The Morgan fingerprint density at radius 1 is 1.04 bits per heavy atom. The van der Waals surface area contributed by atoms with Crippen molar-refractivity contribution in [3.63, 3.8) is 0 Å². The third kappa shape index (κ3) is 3.13. The van der Waals surface area contributed by atoms with E-state index in [4.69, 9.17) is 34.8 Å². The summed E-state index contributed by atoms with van der Waals surface area (Å²) in [4.78, 5) is 12.4. The van der Waals surface area contributed by atoms with E-state index in [2.05, 4.69) is 30.5 Å². The number of halogens is 3. The molecule has 0 radical (unpaired) electrons. The van der Waals surface area contributed by atoms with Gasteiger partial charge in [0.15, 0.2) is 0 Å². The number of nitrogens with one attached hydrogen (secondary N) is 1. The zero-order valence-corrected chi connectivity index (χ0v) is 16.7. The van der Waals surface area contributed by atoms with Crippen LogP contribution >= 0.6 is 34.8 Å². The highest BCUT2D eigenvalue weighted by molar-refractivity contribution is 6.35. The zero-order valence-electron chi connectivity index (χ0n) is 14.4. The summed E-state index contributed by atoms with van der Waals surface area (Å²) in [6.07, 6.45) is 10.1. The molecule has 1 heterocycles. The predicted molar refractivity (Wildman–Crippen MR) is 108 cm³/mol. The second-order valence-electron chi connectivity index (χ2n) is 7.36. The van der Waals surface area contributed by atoms with Crippen molar-refractivity contribution in [2.45, 2.75) is 31.7 Å². The number of amides is 1. The Labute approximate surface area is 168 Å². The summed E-state index contributed by atoms with van der Waals surface area (Å²) in [6.45, 7) is 2.10. The monoisotopic (exact) mass is 407 g/mol. The molecule has 3 aliphatic rings. The summed E-state index contributed by atoms with van der Waals surface area (Å²) in [6, 6.07) is 5.81. The van der Waals surface area contributed by atoms with Gasteiger partial charge in [0.1, 0.15) is 0 Å². The number of hydrogen-bond acceptors (Lipinski definition) is 1. The van der Waals surface area contributed by atoms with Crippen LogP contribution in [-0.4, -0.2) is 11.9 Å². The summed E-state index contributed by atoms with van der Waals surface area (Å²) in [5.74, 6) is 0.570. The van der Waals surface area contributed by atoms with Gasteiger partial charge in [-0.2, -0.15) is 0 Å². The molecule has 4 rings (SSSR count). The molecule has 0 saturated carbocycles. The predicted octanol–water partition coefficient (Wildman–Crippen LogP) is 5.86. The van der Waals surface area contributed by atoms with Crippen molar-refractivity contribution in [3.8, 4) is 0 Å². The molecule has 26 heavy (non-hydrogen) atoms. The Balaban J connectivity index is 1.82. The van der Waals surface area contributed by atoms with Gasteiger partial charge in [0.05, 0.1) is 5.92 Å². The molecule has 0 aromatic heterocycles. The van der Waals surface area contributed by atoms with Crippen LogP contribution in [-0.2, 0) is 4.79 Å². The molecule has 0 spiro atoms. The molecule has 1 aliphatic heterocycles. The van der Waals surface area contributed by atoms with Crippen LogP contribution in [0.2, 0.25) is 10.0 Å². The van der Waals surface area contributed by atoms with E-state index in [-0.39, 0.29) is 35.6 Å². The van der Waals surface area contributed by atoms with E-state index in [1.165, 1.54) is 5.57 Å². The first-order valence-electron chi connectivity index (χ1n) is 8.94. The van der Waals surface area contributed by atoms with Crippen LogP contribution in [0.15, 0.2) is 53.1 Å². The Bertz CT molecular complexity index is 842. The third-order valence-corrected chi connectivity index (χ3v) is 6.75. The lowest BCUT2D eigenvalue weighted by Crippen LogP contribution is -2.36. The first-order chi connectivity index (χ1) is 12.5. The van der Waals surface area contributed by atoms with E-state index in [1.54, 1.807) is 6.07 Å². The van der Waals surface area contributed by atoms with E-state index >= 15 is 0 Å². The lowest BCUT2D eigenvalue weighted by Gasteiger charge is -2.40. The van der Waals surface area contributed by atoms with Crippen LogP contribution < -0.4 is 5.32 Å². The Hall–Kier alpha value is -1.22. The summed E-state index contributed by atoms with van der Waals surface area (Å²) < 4.78 is 0. The number of carbonyl (C=O) groups is 1. The van der Waals surface area contributed by atoms with Gasteiger partial charge in [-0.15, -0.1) is 0 Å². The summed E-state index contributed by atoms with van der Waals surface area (Å²) in [5.41, 5.74) is 2.40. The van der Waals surface area contributed by atoms with Crippen molar-refractivity contribution in [2.24, 2.45) is 17.8 Å². The number of carbonyl (C=O) groups excluding carboxylic acids is 1. The molecule has 1 aromatic carbocycles. The molecule has 136 valence electrons. The second-order valence-corrected chi connectivity index (χ2v) is 8.69. The largest absolute Gasteiger partial charge is 0.353 e. The van der Waals surface area contributed by atoms with Crippen LogP contribution in [0.25, 0.3) is 0 Å². The highest BCUT2D eigenvalue weighted by Gasteiger charge is 2.48. The second kappa shape index (κ2) is 7.07. The van der Waals surface area contributed by atoms with Crippen molar-refractivity contribution >= 4 is 40.7 Å². The van der Waals surface area contributed by atoms with Crippen LogP contribution in [0.3, 0.4) is 0 Å². The number of hydrogen-bond donors (Lipinski definition) is 1. The maximum Gasteiger partial charge on any atom is 0.227 e. The smallest absolute Gasteiger partial charge is 0.227 e. The van der Waals surface area contributed by atoms with Crippen LogP contribution in [0.4, 0.5) is 0 Å². The van der Waals surface area contributed by atoms with Crippen molar-refractivity contribution in [1.29, 1.82) is 0 Å². The maximum absolute atomic E-state index is 12.4. The molecule has 2 nitrogen and oxygen atoms in total. The summed E-state index contributed by atoms with van der Waals surface area (Å²) in [5, 5.41) is 5.30. The number of benzene rings is 1. The fourth-order valence-corrected chi connectivity index (χ4v) is 5.40. The minimum Gasteiger partial charge on any atom is -0.353 e. The average molecular weight is 409 g/mol. The first-order valence-corrected chi connectivity index (χ1v) is 10.1. The van der Waals surface area contributed by atoms with Gasteiger partial charge < -0.3 is 5.32 Å². The van der Waals surface area contributed by atoms with Gasteiger partial charge in [0, 0.05) is 33.0 Å². The molecule has 5 heteroatoms. The Kier molecular flexibility index (Phi) is 4.94. The minimum absolute atomic E-state index is 0.0837. The Morgan fingerprint density at radius 2 is 1.81 bits per heavy atom. The maximum atomic E-state index is 12.4. The number of allylic oxidation sites excluding steroid dienone is 5. The van der Waals surface area contributed by atoms with E-state index < -0.39 is 0 Å².